The zero-order valence-corrected chi connectivity index (χ0v) is 21.3. The molecule has 38 heavy (non-hydrogen) atoms. The number of aromatic nitrogens is 3. The number of benzene rings is 1. The summed E-state index contributed by atoms with van der Waals surface area (Å²) in [5.41, 5.74) is -1.21. The fourth-order valence-electron chi connectivity index (χ4n) is 5.98. The molecule has 3 aliphatic rings. The number of nitrogens with one attached hydrogen (secondary N) is 1. The first kappa shape index (κ1) is 24.6. The number of carbonyl (C=O) groups excluding carboxylic acids is 3. The lowest BCUT2D eigenvalue weighted by Gasteiger charge is -2.55. The molecular weight excluding hydrogens is 521 g/mol. The smallest absolute Gasteiger partial charge is 0.247 e. The summed E-state index contributed by atoms with van der Waals surface area (Å²) in [7, 11) is -3.73. The standard InChI is InChI=1S/C24H22FN5O7S/c1-10-9-30-19-12(8-24(21(30)11(2)36-10)15(31)7-16(32)28-22(24)33)6-13-18(29-37-20(13)17(19)25)14-4-5-26-23(27-14)38(3,34)35/h4-6,10-11,21H,7-9H2,1-3H3,(H,28,32,33)/t10-,11+,21-,24?/m1/s1. The van der Waals surface area contributed by atoms with E-state index in [0.717, 1.165) is 6.26 Å². The van der Waals surface area contributed by atoms with E-state index in [0.29, 0.717) is 5.56 Å². The zero-order valence-electron chi connectivity index (χ0n) is 20.5. The van der Waals surface area contributed by atoms with Gasteiger partial charge in [0.1, 0.15) is 11.1 Å². The Balaban J connectivity index is 1.58. The summed E-state index contributed by atoms with van der Waals surface area (Å²) in [4.78, 5) is 48.3. The molecule has 2 saturated heterocycles. The minimum absolute atomic E-state index is 0.0727. The van der Waals surface area contributed by atoms with Crippen molar-refractivity contribution in [3.8, 4) is 11.4 Å². The van der Waals surface area contributed by atoms with Crippen molar-refractivity contribution in [3.05, 3.63) is 29.7 Å². The normalized spacial score (nSPS) is 27.4. The number of rotatable bonds is 2. The third-order valence-corrected chi connectivity index (χ3v) is 8.25. The van der Waals surface area contributed by atoms with Crippen LogP contribution in [0.4, 0.5) is 10.1 Å². The highest BCUT2D eigenvalue weighted by molar-refractivity contribution is 7.90. The predicted molar refractivity (Wildman–Crippen MR) is 128 cm³/mol. The van der Waals surface area contributed by atoms with Crippen LogP contribution in [0.25, 0.3) is 22.4 Å². The van der Waals surface area contributed by atoms with Gasteiger partial charge in [0.25, 0.3) is 0 Å². The van der Waals surface area contributed by atoms with Crippen molar-refractivity contribution in [2.75, 3.05) is 17.7 Å². The molecule has 14 heteroatoms. The van der Waals surface area contributed by atoms with Gasteiger partial charge in [-0.2, -0.15) is 0 Å². The summed E-state index contributed by atoms with van der Waals surface area (Å²) in [6.45, 7) is 3.71. The van der Waals surface area contributed by atoms with E-state index in [1.807, 2.05) is 0 Å². The molecule has 3 aromatic rings. The third-order valence-electron chi connectivity index (χ3n) is 7.39. The molecule has 4 atom stereocenters. The van der Waals surface area contributed by atoms with Gasteiger partial charge in [0, 0.05) is 19.0 Å². The second-order valence-electron chi connectivity index (χ2n) is 9.98. The van der Waals surface area contributed by atoms with Gasteiger partial charge in [-0.1, -0.05) is 5.16 Å². The summed E-state index contributed by atoms with van der Waals surface area (Å²) in [6, 6.07) is 2.12. The van der Waals surface area contributed by atoms with E-state index in [-0.39, 0.29) is 47.1 Å². The Hall–Kier alpha value is -3.78. The lowest BCUT2D eigenvalue weighted by Crippen LogP contribution is -2.72. The molecule has 0 aliphatic carbocycles. The molecular formula is C24H22FN5O7S. The van der Waals surface area contributed by atoms with Crippen molar-refractivity contribution in [2.24, 2.45) is 5.41 Å². The molecule has 1 unspecified atom stereocenters. The van der Waals surface area contributed by atoms with Crippen LogP contribution < -0.4 is 10.2 Å². The number of fused-ring (bicyclic) bond motifs is 5. The number of sulfone groups is 1. The van der Waals surface area contributed by atoms with Gasteiger partial charge in [0.05, 0.1) is 41.4 Å². The minimum Gasteiger partial charge on any atom is -0.372 e. The van der Waals surface area contributed by atoms with Crippen molar-refractivity contribution in [2.45, 2.75) is 50.1 Å². The average molecular weight is 544 g/mol. The predicted octanol–water partition coefficient (Wildman–Crippen LogP) is 0.968. The summed E-state index contributed by atoms with van der Waals surface area (Å²) >= 11 is 0. The fraction of sp³-hybridized carbons (Fsp3) is 0.417. The van der Waals surface area contributed by atoms with Crippen molar-refractivity contribution < 1.29 is 36.5 Å². The highest BCUT2D eigenvalue weighted by Gasteiger charge is 2.62. The second kappa shape index (κ2) is 8.11. The Kier molecular flexibility index (Phi) is 5.24. The molecule has 198 valence electrons. The largest absolute Gasteiger partial charge is 0.372 e. The van der Waals surface area contributed by atoms with Gasteiger partial charge in [-0.25, -0.2) is 22.8 Å². The Labute approximate surface area is 215 Å². The molecule has 12 nitrogen and oxygen atoms in total. The monoisotopic (exact) mass is 543 g/mol. The first-order valence-corrected chi connectivity index (χ1v) is 13.7. The number of morpholine rings is 1. The van der Waals surface area contributed by atoms with Crippen LogP contribution in [0, 0.1) is 11.2 Å². The van der Waals surface area contributed by atoms with Crippen molar-refractivity contribution >= 4 is 44.1 Å². The van der Waals surface area contributed by atoms with Crippen LogP contribution in [0.3, 0.4) is 0 Å². The number of hydrogen-bond acceptors (Lipinski definition) is 11. The Bertz CT molecular complexity index is 1650. The van der Waals surface area contributed by atoms with E-state index in [2.05, 4.69) is 20.4 Å². The van der Waals surface area contributed by atoms with Crippen molar-refractivity contribution in [1.82, 2.24) is 20.4 Å². The number of ketones is 1. The van der Waals surface area contributed by atoms with Crippen LogP contribution in [0.1, 0.15) is 25.8 Å². The van der Waals surface area contributed by atoms with Gasteiger partial charge in [0.2, 0.25) is 32.4 Å². The summed E-state index contributed by atoms with van der Waals surface area (Å²) in [5.74, 6) is -2.73. The molecule has 0 saturated carbocycles. The van der Waals surface area contributed by atoms with E-state index < -0.39 is 62.4 Å². The van der Waals surface area contributed by atoms with Gasteiger partial charge in [0.15, 0.2) is 11.6 Å². The van der Waals surface area contributed by atoms with E-state index in [9.17, 15) is 22.8 Å². The van der Waals surface area contributed by atoms with Gasteiger partial charge < -0.3 is 14.2 Å². The minimum atomic E-state index is -3.73. The molecule has 2 fully saturated rings. The number of amides is 2. The quantitative estimate of drug-likeness (QED) is 0.278. The van der Waals surface area contributed by atoms with Crippen LogP contribution in [0.5, 0.6) is 0 Å². The maximum Gasteiger partial charge on any atom is 0.247 e. The highest BCUT2D eigenvalue weighted by Crippen LogP contribution is 2.50. The number of imide groups is 1. The topological polar surface area (TPSA) is 162 Å². The van der Waals surface area contributed by atoms with Crippen LogP contribution in [-0.4, -0.2) is 72.2 Å². The highest BCUT2D eigenvalue weighted by atomic mass is 32.2. The fourth-order valence-corrected chi connectivity index (χ4v) is 6.50. The Morgan fingerprint density at radius 3 is 2.71 bits per heavy atom. The van der Waals surface area contributed by atoms with Crippen molar-refractivity contribution in [3.63, 3.8) is 0 Å². The summed E-state index contributed by atoms with van der Waals surface area (Å²) < 4.78 is 51.5. The Morgan fingerprint density at radius 1 is 1.24 bits per heavy atom. The lowest BCUT2D eigenvalue weighted by atomic mass is 9.63. The van der Waals surface area contributed by atoms with E-state index >= 15 is 4.39 Å². The number of Topliss-reactive ketones (excluding diaryl/α,β-unsaturated/α-hetero) is 1. The number of hydrogen-bond donors (Lipinski definition) is 1. The van der Waals surface area contributed by atoms with E-state index in [1.165, 1.54) is 12.3 Å². The number of anilines is 1. The number of halogens is 1. The first-order chi connectivity index (χ1) is 17.9. The van der Waals surface area contributed by atoms with Crippen LogP contribution in [0.2, 0.25) is 0 Å². The number of nitrogens with zero attached hydrogens (tertiary/aromatic N) is 4. The number of piperidine rings is 1. The van der Waals surface area contributed by atoms with E-state index in [4.69, 9.17) is 9.26 Å². The molecule has 1 N–H and O–H groups in total. The van der Waals surface area contributed by atoms with Gasteiger partial charge >= 0.3 is 0 Å². The average Bonchev–Trinajstić information content (AvgIpc) is 3.25. The first-order valence-electron chi connectivity index (χ1n) is 11.9. The molecule has 0 radical (unpaired) electrons. The van der Waals surface area contributed by atoms with Gasteiger partial charge in [-0.3, -0.25) is 19.7 Å². The second-order valence-corrected chi connectivity index (χ2v) is 11.9. The zero-order chi connectivity index (χ0) is 27.1. The molecule has 2 aromatic heterocycles. The Morgan fingerprint density at radius 2 is 2.00 bits per heavy atom. The lowest BCUT2D eigenvalue weighted by molar-refractivity contribution is -0.158. The number of ether oxygens (including phenoxy) is 1. The van der Waals surface area contributed by atoms with Gasteiger partial charge in [-0.05, 0) is 38.0 Å². The summed E-state index contributed by atoms with van der Waals surface area (Å²) in [5, 5.41) is 6.00. The van der Waals surface area contributed by atoms with Gasteiger partial charge in [-0.15, -0.1) is 0 Å². The molecule has 0 bridgehead atoms. The molecule has 2 amide bonds. The molecule has 5 heterocycles. The van der Waals surface area contributed by atoms with E-state index in [1.54, 1.807) is 24.8 Å². The maximum absolute atomic E-state index is 16.2. The van der Waals surface area contributed by atoms with Crippen LogP contribution in [0.15, 0.2) is 28.0 Å². The SMILES string of the molecule is C[C@@H]1CN2c3c(cc4c(-c5ccnc(S(C)(=O)=O)n5)noc4c3F)CC3(C(=O)CC(=O)NC3=O)[C@H]2[C@H](C)O1. The maximum atomic E-state index is 16.2. The molecule has 6 rings (SSSR count). The summed E-state index contributed by atoms with van der Waals surface area (Å²) in [6.07, 6.45) is 0.562. The van der Waals surface area contributed by atoms with Crippen LogP contribution >= 0.6 is 0 Å². The molecule has 1 spiro atoms. The van der Waals surface area contributed by atoms with Crippen molar-refractivity contribution in [1.29, 1.82) is 0 Å². The molecule has 3 aliphatic heterocycles. The number of carbonyl (C=O) groups is 3. The van der Waals surface area contributed by atoms with Crippen LogP contribution in [-0.2, 0) is 35.4 Å². The molecule has 1 aromatic carbocycles. The third kappa shape index (κ3) is 3.39.